The summed E-state index contributed by atoms with van der Waals surface area (Å²) in [6.45, 7) is 3.14. The molecular weight excluding hydrogens is 268 g/mol. The number of carbonyl (C=O) groups is 1. The number of hydrogen-bond acceptors (Lipinski definition) is 4. The molecule has 5 nitrogen and oxygen atoms in total. The lowest BCUT2D eigenvalue weighted by atomic mass is 9.86. The average molecular weight is 286 g/mol. The van der Waals surface area contributed by atoms with Gasteiger partial charge in [0.15, 0.2) is 5.78 Å². The maximum Gasteiger partial charge on any atom is 0.293 e. The Hall–Kier alpha value is -2.17. The molecule has 0 bridgehead atoms. The van der Waals surface area contributed by atoms with Gasteiger partial charge in [-0.3, -0.25) is 14.9 Å². The Balaban J connectivity index is 1.92. The fourth-order valence-electron chi connectivity index (χ4n) is 3.37. The second kappa shape index (κ2) is 5.31. The summed E-state index contributed by atoms with van der Waals surface area (Å²) in [4.78, 5) is 24.5. The quantitative estimate of drug-likeness (QED) is 0.370. The number of allylic oxidation sites excluding steroid dienone is 2. The van der Waals surface area contributed by atoms with E-state index in [4.69, 9.17) is 0 Å². The van der Waals surface area contributed by atoms with Crippen LogP contribution in [0, 0.1) is 22.0 Å². The maximum atomic E-state index is 11.4. The maximum absolute atomic E-state index is 11.4. The van der Waals surface area contributed by atoms with Gasteiger partial charge in [-0.05, 0) is 43.7 Å². The van der Waals surface area contributed by atoms with Crippen LogP contribution in [0.4, 0.5) is 11.4 Å². The van der Waals surface area contributed by atoms with Gasteiger partial charge < -0.3 is 4.90 Å². The van der Waals surface area contributed by atoms with E-state index in [0.29, 0.717) is 23.1 Å². The normalized spacial score (nSPS) is 24.0. The van der Waals surface area contributed by atoms with E-state index in [0.717, 1.165) is 25.9 Å². The van der Waals surface area contributed by atoms with E-state index in [-0.39, 0.29) is 16.4 Å². The number of anilines is 1. The topological polar surface area (TPSA) is 63.5 Å². The van der Waals surface area contributed by atoms with Crippen molar-refractivity contribution in [1.82, 2.24) is 0 Å². The molecule has 1 heterocycles. The highest BCUT2D eigenvalue weighted by Crippen LogP contribution is 2.39. The molecule has 0 aromatic heterocycles. The largest absolute Gasteiger partial charge is 0.365 e. The Morgan fingerprint density at radius 3 is 2.38 bits per heavy atom. The molecule has 0 saturated carbocycles. The van der Waals surface area contributed by atoms with Crippen molar-refractivity contribution in [1.29, 1.82) is 0 Å². The Morgan fingerprint density at radius 2 is 1.86 bits per heavy atom. The van der Waals surface area contributed by atoms with E-state index in [1.54, 1.807) is 12.1 Å². The molecule has 1 aliphatic heterocycles. The fourth-order valence-corrected chi connectivity index (χ4v) is 3.37. The molecule has 1 aliphatic carbocycles. The minimum Gasteiger partial charge on any atom is -0.365 e. The molecule has 1 fully saturated rings. The molecule has 0 N–H and O–H groups in total. The van der Waals surface area contributed by atoms with Crippen LogP contribution in [-0.4, -0.2) is 23.8 Å². The van der Waals surface area contributed by atoms with Crippen molar-refractivity contribution in [2.75, 3.05) is 18.0 Å². The van der Waals surface area contributed by atoms with Crippen molar-refractivity contribution in [3.8, 4) is 0 Å². The van der Waals surface area contributed by atoms with E-state index >= 15 is 0 Å². The van der Waals surface area contributed by atoms with Crippen molar-refractivity contribution < 1.29 is 9.72 Å². The van der Waals surface area contributed by atoms with Gasteiger partial charge in [0, 0.05) is 24.7 Å². The molecule has 5 heteroatoms. The predicted molar refractivity (Wildman–Crippen MR) is 80.7 cm³/mol. The average Bonchev–Trinajstić information content (AvgIpc) is 2.90. The molecule has 0 amide bonds. The summed E-state index contributed by atoms with van der Waals surface area (Å²) in [6, 6.07) is 4.81. The van der Waals surface area contributed by atoms with Crippen LogP contribution >= 0.6 is 0 Å². The summed E-state index contributed by atoms with van der Waals surface area (Å²) in [5.41, 5.74) is 1.07. The summed E-state index contributed by atoms with van der Waals surface area (Å²) >= 11 is 0. The van der Waals surface area contributed by atoms with E-state index in [2.05, 4.69) is 17.1 Å². The number of hydrogen-bond donors (Lipinski definition) is 0. The van der Waals surface area contributed by atoms with Crippen molar-refractivity contribution >= 4 is 17.2 Å². The van der Waals surface area contributed by atoms with Gasteiger partial charge in [-0.1, -0.05) is 12.2 Å². The van der Waals surface area contributed by atoms with Crippen LogP contribution in [0.2, 0.25) is 0 Å². The lowest BCUT2D eigenvalue weighted by molar-refractivity contribution is -0.384. The Bertz CT molecular complexity index is 608. The first-order chi connectivity index (χ1) is 10.1. The van der Waals surface area contributed by atoms with Crippen LogP contribution in [0.5, 0.6) is 0 Å². The number of nitrogens with zero attached hydrogens (tertiary/aromatic N) is 2. The SMILES string of the molecule is CC(=O)c1ccc(N2CC3CC=CCC3C2)c([N+](=O)[O-])c1. The number of fused-ring (bicyclic) bond motifs is 1. The Labute approximate surface area is 123 Å². The molecular formula is C16H18N2O3. The van der Waals surface area contributed by atoms with Crippen molar-refractivity contribution in [3.63, 3.8) is 0 Å². The third kappa shape index (κ3) is 2.55. The summed E-state index contributed by atoms with van der Waals surface area (Å²) in [5, 5.41) is 11.3. The zero-order valence-corrected chi connectivity index (χ0v) is 12.0. The monoisotopic (exact) mass is 286 g/mol. The zero-order chi connectivity index (χ0) is 15.0. The van der Waals surface area contributed by atoms with E-state index in [9.17, 15) is 14.9 Å². The number of rotatable bonds is 3. The number of nitro groups is 1. The standard InChI is InChI=1S/C16H18N2O3/c1-11(19)12-6-7-15(16(8-12)18(20)21)17-9-13-4-2-3-5-14(13)10-17/h2-3,6-8,13-14H,4-5,9-10H2,1H3. The van der Waals surface area contributed by atoms with E-state index in [1.165, 1.54) is 13.0 Å². The van der Waals surface area contributed by atoms with Crippen molar-refractivity contribution in [2.24, 2.45) is 11.8 Å². The molecule has 1 aromatic rings. The number of ketones is 1. The van der Waals surface area contributed by atoms with Gasteiger partial charge in [0.05, 0.1) is 4.92 Å². The molecule has 2 atom stereocenters. The van der Waals surface area contributed by atoms with Crippen molar-refractivity contribution in [3.05, 3.63) is 46.0 Å². The first-order valence-electron chi connectivity index (χ1n) is 7.25. The predicted octanol–water partition coefficient (Wildman–Crippen LogP) is 3.20. The molecule has 2 unspecified atom stereocenters. The van der Waals surface area contributed by atoms with Gasteiger partial charge >= 0.3 is 0 Å². The fraction of sp³-hybridized carbons (Fsp3) is 0.438. The number of benzene rings is 1. The summed E-state index contributed by atoms with van der Waals surface area (Å²) < 4.78 is 0. The molecule has 0 spiro atoms. The van der Waals surface area contributed by atoms with Crippen LogP contribution in [0.3, 0.4) is 0 Å². The lowest BCUT2D eigenvalue weighted by Crippen LogP contribution is -2.21. The molecule has 1 aromatic carbocycles. The van der Waals surface area contributed by atoms with Crippen LogP contribution in [-0.2, 0) is 0 Å². The van der Waals surface area contributed by atoms with Crippen LogP contribution in [0.15, 0.2) is 30.4 Å². The lowest BCUT2D eigenvalue weighted by Gasteiger charge is -2.18. The highest BCUT2D eigenvalue weighted by molar-refractivity contribution is 5.95. The second-order valence-corrected chi connectivity index (χ2v) is 5.88. The molecule has 0 radical (unpaired) electrons. The number of nitro benzene ring substituents is 1. The van der Waals surface area contributed by atoms with Gasteiger partial charge in [0.2, 0.25) is 0 Å². The highest BCUT2D eigenvalue weighted by Gasteiger charge is 2.35. The second-order valence-electron chi connectivity index (χ2n) is 5.88. The van der Waals surface area contributed by atoms with E-state index in [1.807, 2.05) is 0 Å². The first kappa shape index (κ1) is 13.8. The number of carbonyl (C=O) groups excluding carboxylic acids is 1. The highest BCUT2D eigenvalue weighted by atomic mass is 16.6. The van der Waals surface area contributed by atoms with Gasteiger partial charge in [-0.25, -0.2) is 0 Å². The van der Waals surface area contributed by atoms with Crippen LogP contribution in [0.1, 0.15) is 30.1 Å². The van der Waals surface area contributed by atoms with Crippen LogP contribution in [0.25, 0.3) is 0 Å². The smallest absolute Gasteiger partial charge is 0.293 e. The summed E-state index contributed by atoms with van der Waals surface area (Å²) in [7, 11) is 0. The third-order valence-electron chi connectivity index (χ3n) is 4.54. The van der Waals surface area contributed by atoms with Gasteiger partial charge in [0.1, 0.15) is 5.69 Å². The third-order valence-corrected chi connectivity index (χ3v) is 4.54. The van der Waals surface area contributed by atoms with Crippen LogP contribution < -0.4 is 4.90 Å². The first-order valence-corrected chi connectivity index (χ1v) is 7.25. The minimum absolute atomic E-state index is 0.0364. The molecule has 21 heavy (non-hydrogen) atoms. The molecule has 3 rings (SSSR count). The Morgan fingerprint density at radius 1 is 1.24 bits per heavy atom. The molecule has 110 valence electrons. The van der Waals surface area contributed by atoms with Gasteiger partial charge in [-0.15, -0.1) is 0 Å². The summed E-state index contributed by atoms with van der Waals surface area (Å²) in [6.07, 6.45) is 6.52. The Kier molecular flexibility index (Phi) is 3.49. The van der Waals surface area contributed by atoms with Gasteiger partial charge in [-0.2, -0.15) is 0 Å². The molecule has 1 saturated heterocycles. The zero-order valence-electron chi connectivity index (χ0n) is 12.0. The number of Topliss-reactive ketones (excluding diaryl/α,β-unsaturated/α-hetero) is 1. The summed E-state index contributed by atoms with van der Waals surface area (Å²) in [5.74, 6) is 1.02. The van der Waals surface area contributed by atoms with E-state index < -0.39 is 0 Å². The van der Waals surface area contributed by atoms with Crippen molar-refractivity contribution in [2.45, 2.75) is 19.8 Å². The minimum atomic E-state index is -0.387. The van der Waals surface area contributed by atoms with Gasteiger partial charge in [0.25, 0.3) is 5.69 Å². The molecule has 2 aliphatic rings.